The minimum absolute atomic E-state index is 0.365. The number of nitrogens with zero attached hydrogens (tertiary/aromatic N) is 1. The molecule has 0 aromatic carbocycles. The van der Waals surface area contributed by atoms with Gasteiger partial charge in [0, 0.05) is 17.5 Å². The molecule has 0 aliphatic heterocycles. The van der Waals surface area contributed by atoms with E-state index in [0.717, 1.165) is 12.1 Å². The molecule has 0 saturated carbocycles. The zero-order chi connectivity index (χ0) is 8.48. The number of rotatable bonds is 1. The smallest absolute Gasteiger partial charge is 0.0933 e. The third-order valence-corrected chi connectivity index (χ3v) is 2.31. The van der Waals surface area contributed by atoms with Gasteiger partial charge in [-0.3, -0.25) is 0 Å². The molecule has 0 unspecified atom stereocenters. The highest BCUT2D eigenvalue weighted by Gasteiger charge is 2.12. The number of hydrogen-bond acceptors (Lipinski definition) is 2. The molecule has 2 heteroatoms. The first-order valence-electron chi connectivity index (χ1n) is 3.88. The highest BCUT2D eigenvalue weighted by atomic mass is 32.1. The monoisotopic (exact) mass is 169 g/mol. The standard InChI is InChI=1S/C9H15NS/c1-7-6-11-8(10-7)5-9(2,3)4/h6H,5H2,1-4H3. The topological polar surface area (TPSA) is 12.9 Å². The number of aromatic nitrogens is 1. The van der Waals surface area contributed by atoms with Crippen LogP contribution in [0.5, 0.6) is 0 Å². The van der Waals surface area contributed by atoms with E-state index in [1.165, 1.54) is 5.01 Å². The molecule has 0 amide bonds. The Kier molecular flexibility index (Phi) is 2.33. The Bertz CT molecular complexity index is 232. The van der Waals surface area contributed by atoms with Crippen LogP contribution in [-0.2, 0) is 6.42 Å². The summed E-state index contributed by atoms with van der Waals surface area (Å²) < 4.78 is 0. The lowest BCUT2D eigenvalue weighted by Gasteiger charge is -2.15. The number of hydrogen-bond donors (Lipinski definition) is 0. The van der Waals surface area contributed by atoms with Crippen molar-refractivity contribution in [3.8, 4) is 0 Å². The Hall–Kier alpha value is -0.370. The lowest BCUT2D eigenvalue weighted by molar-refractivity contribution is 0.410. The molecule has 1 aromatic rings. The zero-order valence-electron chi connectivity index (χ0n) is 7.64. The van der Waals surface area contributed by atoms with E-state index < -0.39 is 0 Å². The highest BCUT2D eigenvalue weighted by Crippen LogP contribution is 2.22. The van der Waals surface area contributed by atoms with Gasteiger partial charge in [0.2, 0.25) is 0 Å². The van der Waals surface area contributed by atoms with E-state index in [2.05, 4.69) is 31.1 Å². The van der Waals surface area contributed by atoms with Crippen LogP contribution >= 0.6 is 11.3 Å². The molecule has 0 bridgehead atoms. The molecule has 1 nitrogen and oxygen atoms in total. The lowest BCUT2D eigenvalue weighted by Crippen LogP contribution is -2.08. The summed E-state index contributed by atoms with van der Waals surface area (Å²) in [6, 6.07) is 0. The molecule has 0 aliphatic rings. The average Bonchev–Trinajstić information content (AvgIpc) is 2.10. The van der Waals surface area contributed by atoms with Crippen LogP contribution in [0.2, 0.25) is 0 Å². The quantitative estimate of drug-likeness (QED) is 0.629. The first-order valence-corrected chi connectivity index (χ1v) is 4.76. The molecule has 0 spiro atoms. The predicted molar refractivity (Wildman–Crippen MR) is 50.0 cm³/mol. The minimum atomic E-state index is 0.365. The van der Waals surface area contributed by atoms with Gasteiger partial charge in [-0.05, 0) is 12.3 Å². The summed E-state index contributed by atoms with van der Waals surface area (Å²) in [7, 11) is 0. The normalized spacial score (nSPS) is 12.0. The maximum atomic E-state index is 4.41. The van der Waals surface area contributed by atoms with Crippen molar-refractivity contribution in [3.05, 3.63) is 16.1 Å². The van der Waals surface area contributed by atoms with Crippen LogP contribution in [0, 0.1) is 12.3 Å². The highest BCUT2D eigenvalue weighted by molar-refractivity contribution is 7.09. The van der Waals surface area contributed by atoms with Gasteiger partial charge in [-0.25, -0.2) is 4.98 Å². The molecule has 0 aliphatic carbocycles. The van der Waals surface area contributed by atoms with Crippen molar-refractivity contribution in [2.45, 2.75) is 34.1 Å². The van der Waals surface area contributed by atoms with Crippen molar-refractivity contribution >= 4 is 11.3 Å². The summed E-state index contributed by atoms with van der Waals surface area (Å²) >= 11 is 1.77. The van der Waals surface area contributed by atoms with Crippen LogP contribution in [0.1, 0.15) is 31.5 Å². The van der Waals surface area contributed by atoms with Gasteiger partial charge in [-0.15, -0.1) is 11.3 Å². The van der Waals surface area contributed by atoms with Crippen molar-refractivity contribution in [2.24, 2.45) is 5.41 Å². The molecule has 1 heterocycles. The first-order chi connectivity index (χ1) is 4.97. The molecule has 1 rings (SSSR count). The van der Waals surface area contributed by atoms with Gasteiger partial charge in [-0.1, -0.05) is 20.8 Å². The fourth-order valence-electron chi connectivity index (χ4n) is 0.938. The Balaban J connectivity index is 2.65. The van der Waals surface area contributed by atoms with Gasteiger partial charge in [-0.2, -0.15) is 0 Å². The van der Waals surface area contributed by atoms with E-state index in [4.69, 9.17) is 0 Å². The van der Waals surface area contributed by atoms with E-state index in [0.29, 0.717) is 5.41 Å². The summed E-state index contributed by atoms with van der Waals surface area (Å²) in [5.74, 6) is 0. The summed E-state index contributed by atoms with van der Waals surface area (Å²) in [5, 5.41) is 3.37. The Morgan fingerprint density at radius 2 is 2.09 bits per heavy atom. The van der Waals surface area contributed by atoms with Gasteiger partial charge < -0.3 is 0 Å². The van der Waals surface area contributed by atoms with Gasteiger partial charge in [0.15, 0.2) is 0 Å². The van der Waals surface area contributed by atoms with Crippen molar-refractivity contribution in [1.82, 2.24) is 4.98 Å². The molecular formula is C9H15NS. The summed E-state index contributed by atoms with van der Waals surface area (Å²) in [5.41, 5.74) is 1.51. The Morgan fingerprint density at radius 1 is 1.45 bits per heavy atom. The van der Waals surface area contributed by atoms with Crippen LogP contribution in [0.3, 0.4) is 0 Å². The largest absolute Gasteiger partial charge is 0.247 e. The maximum Gasteiger partial charge on any atom is 0.0933 e. The third kappa shape index (κ3) is 3.02. The molecule has 0 radical (unpaired) electrons. The molecule has 1 aromatic heterocycles. The van der Waals surface area contributed by atoms with E-state index in [1.54, 1.807) is 11.3 Å². The molecule has 11 heavy (non-hydrogen) atoms. The lowest BCUT2D eigenvalue weighted by atomic mass is 9.93. The zero-order valence-corrected chi connectivity index (χ0v) is 8.46. The van der Waals surface area contributed by atoms with Crippen molar-refractivity contribution in [1.29, 1.82) is 0 Å². The SMILES string of the molecule is Cc1csc(CC(C)(C)C)n1. The third-order valence-electron chi connectivity index (χ3n) is 1.35. The van der Waals surface area contributed by atoms with E-state index in [-0.39, 0.29) is 0 Å². The number of aryl methyl sites for hydroxylation is 1. The molecule has 0 fully saturated rings. The second kappa shape index (κ2) is 2.94. The minimum Gasteiger partial charge on any atom is -0.247 e. The van der Waals surface area contributed by atoms with Crippen molar-refractivity contribution in [3.63, 3.8) is 0 Å². The fraction of sp³-hybridized carbons (Fsp3) is 0.667. The molecular weight excluding hydrogens is 154 g/mol. The van der Waals surface area contributed by atoms with Gasteiger partial charge in [0.05, 0.1) is 5.01 Å². The molecule has 0 N–H and O–H groups in total. The molecule has 0 saturated heterocycles. The van der Waals surface area contributed by atoms with Crippen molar-refractivity contribution < 1.29 is 0 Å². The van der Waals surface area contributed by atoms with Crippen molar-refractivity contribution in [2.75, 3.05) is 0 Å². The van der Waals surface area contributed by atoms with Gasteiger partial charge in [0.1, 0.15) is 0 Å². The second-order valence-electron chi connectivity index (χ2n) is 4.12. The Morgan fingerprint density at radius 3 is 2.45 bits per heavy atom. The number of thiazole rings is 1. The molecule has 0 atom stereocenters. The average molecular weight is 169 g/mol. The summed E-state index contributed by atoms with van der Waals surface area (Å²) in [6.45, 7) is 8.76. The fourth-order valence-corrected chi connectivity index (χ4v) is 2.01. The predicted octanol–water partition coefficient (Wildman–Crippen LogP) is 3.04. The van der Waals surface area contributed by atoms with E-state index >= 15 is 0 Å². The second-order valence-corrected chi connectivity index (χ2v) is 5.06. The van der Waals surface area contributed by atoms with Crippen LogP contribution in [0.15, 0.2) is 5.38 Å². The first kappa shape index (κ1) is 8.72. The Labute approximate surface area is 72.5 Å². The summed E-state index contributed by atoms with van der Waals surface area (Å²) in [6.07, 6.45) is 1.09. The van der Waals surface area contributed by atoms with Crippen LogP contribution < -0.4 is 0 Å². The van der Waals surface area contributed by atoms with Crippen LogP contribution in [-0.4, -0.2) is 4.98 Å². The van der Waals surface area contributed by atoms with Gasteiger partial charge >= 0.3 is 0 Å². The van der Waals surface area contributed by atoms with E-state index in [9.17, 15) is 0 Å². The summed E-state index contributed by atoms with van der Waals surface area (Å²) in [4.78, 5) is 4.41. The maximum absolute atomic E-state index is 4.41. The van der Waals surface area contributed by atoms with E-state index in [1.807, 2.05) is 6.92 Å². The van der Waals surface area contributed by atoms with Crippen LogP contribution in [0.4, 0.5) is 0 Å². The van der Waals surface area contributed by atoms with Gasteiger partial charge in [0.25, 0.3) is 0 Å². The molecule has 62 valence electrons. The van der Waals surface area contributed by atoms with Crippen LogP contribution in [0.25, 0.3) is 0 Å².